The fourth-order valence-corrected chi connectivity index (χ4v) is 0.251. The highest BCUT2D eigenvalue weighted by molar-refractivity contribution is 5.69. The van der Waals surface area contributed by atoms with E-state index in [0.717, 1.165) is 0 Å². The van der Waals surface area contributed by atoms with Crippen LogP contribution in [0.2, 0.25) is 0 Å². The van der Waals surface area contributed by atoms with E-state index in [2.05, 4.69) is 14.5 Å². The molecule has 0 saturated carbocycles. The van der Waals surface area contributed by atoms with Crippen LogP contribution < -0.4 is 0 Å². The Balaban J connectivity index is 2.96. The van der Waals surface area contributed by atoms with Crippen LogP contribution in [0.3, 0.4) is 0 Å². The molecule has 0 amide bonds. The zero-order valence-electron chi connectivity index (χ0n) is 5.70. The molecule has 0 aliphatic rings. The molecule has 0 spiro atoms. The summed E-state index contributed by atoms with van der Waals surface area (Å²) in [5.74, 6) is -0.809. The first-order valence-corrected chi connectivity index (χ1v) is 2.73. The molecule has 0 unspecified atom stereocenters. The Kier molecular flexibility index (Phi) is 6.05. The SMILES string of the molecule is COCCOOC(=O)CO. The van der Waals surface area contributed by atoms with Crippen LogP contribution >= 0.6 is 0 Å². The van der Waals surface area contributed by atoms with Crippen LogP contribution in [0.5, 0.6) is 0 Å². The summed E-state index contributed by atoms with van der Waals surface area (Å²) >= 11 is 0. The molecule has 10 heavy (non-hydrogen) atoms. The van der Waals surface area contributed by atoms with Crippen molar-refractivity contribution in [2.45, 2.75) is 0 Å². The minimum absolute atomic E-state index is 0.169. The number of ether oxygens (including phenoxy) is 1. The van der Waals surface area contributed by atoms with Crippen LogP contribution in [-0.2, 0) is 19.3 Å². The van der Waals surface area contributed by atoms with Crippen LogP contribution in [-0.4, -0.2) is 38.0 Å². The number of aliphatic hydroxyl groups excluding tert-OH is 1. The minimum atomic E-state index is -0.809. The molecule has 0 fully saturated rings. The Morgan fingerprint density at radius 1 is 1.50 bits per heavy atom. The average Bonchev–Trinajstić information content (AvgIpc) is 1.98. The summed E-state index contributed by atoms with van der Waals surface area (Å²) in [5.41, 5.74) is 0. The van der Waals surface area contributed by atoms with Crippen LogP contribution in [0.4, 0.5) is 0 Å². The highest BCUT2D eigenvalue weighted by atomic mass is 17.2. The molecule has 0 rings (SSSR count). The van der Waals surface area contributed by atoms with Gasteiger partial charge in [0.25, 0.3) is 0 Å². The topological polar surface area (TPSA) is 65.0 Å². The molecule has 5 nitrogen and oxygen atoms in total. The largest absolute Gasteiger partial charge is 0.385 e. The summed E-state index contributed by atoms with van der Waals surface area (Å²) in [6, 6.07) is 0. The van der Waals surface area contributed by atoms with E-state index >= 15 is 0 Å². The second-order valence-electron chi connectivity index (χ2n) is 1.43. The number of carbonyl (C=O) groups excluding carboxylic acids is 1. The number of hydrogen-bond acceptors (Lipinski definition) is 5. The van der Waals surface area contributed by atoms with Crippen molar-refractivity contribution in [3.63, 3.8) is 0 Å². The Labute approximate surface area is 58.4 Å². The van der Waals surface area contributed by atoms with E-state index in [-0.39, 0.29) is 6.61 Å². The highest BCUT2D eigenvalue weighted by Crippen LogP contribution is 1.79. The fraction of sp³-hybridized carbons (Fsp3) is 0.800. The van der Waals surface area contributed by atoms with Crippen LogP contribution in [0.15, 0.2) is 0 Å². The van der Waals surface area contributed by atoms with Gasteiger partial charge >= 0.3 is 5.97 Å². The second kappa shape index (κ2) is 6.47. The number of methoxy groups -OCH3 is 1. The molecule has 0 radical (unpaired) electrons. The van der Waals surface area contributed by atoms with Crippen molar-refractivity contribution in [3.05, 3.63) is 0 Å². The number of hydrogen-bond donors (Lipinski definition) is 1. The summed E-state index contributed by atoms with van der Waals surface area (Å²) in [6.45, 7) is -0.159. The van der Waals surface area contributed by atoms with E-state index in [4.69, 9.17) is 5.11 Å². The fourth-order valence-electron chi connectivity index (χ4n) is 0.251. The number of aliphatic hydroxyl groups is 1. The maximum absolute atomic E-state index is 10.1. The van der Waals surface area contributed by atoms with Gasteiger partial charge in [0.2, 0.25) is 0 Å². The van der Waals surface area contributed by atoms with Crippen molar-refractivity contribution in [1.29, 1.82) is 0 Å². The van der Waals surface area contributed by atoms with Gasteiger partial charge in [0.05, 0.1) is 6.61 Å². The van der Waals surface area contributed by atoms with Crippen molar-refractivity contribution in [1.82, 2.24) is 0 Å². The Morgan fingerprint density at radius 3 is 2.70 bits per heavy atom. The lowest BCUT2D eigenvalue weighted by Crippen LogP contribution is -2.11. The lowest BCUT2D eigenvalue weighted by molar-refractivity contribution is -0.277. The zero-order valence-corrected chi connectivity index (χ0v) is 5.70. The van der Waals surface area contributed by atoms with E-state index in [1.165, 1.54) is 7.11 Å². The van der Waals surface area contributed by atoms with Gasteiger partial charge in [-0.05, 0) is 0 Å². The van der Waals surface area contributed by atoms with Crippen molar-refractivity contribution >= 4 is 5.97 Å². The van der Waals surface area contributed by atoms with Gasteiger partial charge in [0.1, 0.15) is 13.2 Å². The van der Waals surface area contributed by atoms with E-state index in [0.29, 0.717) is 6.61 Å². The van der Waals surface area contributed by atoms with Crippen molar-refractivity contribution in [2.75, 3.05) is 26.9 Å². The van der Waals surface area contributed by atoms with Gasteiger partial charge in [-0.25, -0.2) is 4.79 Å². The molecule has 1 N–H and O–H groups in total. The maximum Gasteiger partial charge on any atom is 0.367 e. The first-order valence-electron chi connectivity index (χ1n) is 2.73. The van der Waals surface area contributed by atoms with Gasteiger partial charge in [-0.3, -0.25) is 4.89 Å². The van der Waals surface area contributed by atoms with E-state index in [1.54, 1.807) is 0 Å². The summed E-state index contributed by atoms with van der Waals surface area (Å²) in [6.07, 6.45) is 0. The lowest BCUT2D eigenvalue weighted by atomic mass is 10.8. The van der Waals surface area contributed by atoms with E-state index in [1.807, 2.05) is 0 Å². The predicted octanol–water partition coefficient (Wildman–Crippen LogP) is -0.900. The zero-order chi connectivity index (χ0) is 7.82. The quantitative estimate of drug-likeness (QED) is 0.312. The molecule has 0 aromatic heterocycles. The molecule has 0 aliphatic heterocycles. The third kappa shape index (κ3) is 5.49. The lowest BCUT2D eigenvalue weighted by Gasteiger charge is -1.99. The van der Waals surface area contributed by atoms with Gasteiger partial charge in [0.15, 0.2) is 0 Å². The molecular weight excluding hydrogens is 140 g/mol. The average molecular weight is 150 g/mol. The summed E-state index contributed by atoms with van der Waals surface area (Å²) < 4.78 is 4.58. The predicted molar refractivity (Wildman–Crippen MR) is 31.0 cm³/mol. The molecular formula is C5H10O5. The Bertz CT molecular complexity index is 92.0. The molecule has 0 aromatic rings. The summed E-state index contributed by atoms with van der Waals surface area (Å²) in [4.78, 5) is 18.5. The maximum atomic E-state index is 10.1. The normalized spacial score (nSPS) is 9.40. The van der Waals surface area contributed by atoms with Crippen molar-refractivity contribution in [2.24, 2.45) is 0 Å². The molecule has 5 heteroatoms. The molecule has 0 heterocycles. The smallest absolute Gasteiger partial charge is 0.367 e. The monoisotopic (exact) mass is 150 g/mol. The second-order valence-corrected chi connectivity index (χ2v) is 1.43. The first kappa shape index (κ1) is 9.35. The molecule has 0 aliphatic carbocycles. The highest BCUT2D eigenvalue weighted by Gasteiger charge is 1.98. The first-order chi connectivity index (χ1) is 4.81. The van der Waals surface area contributed by atoms with Crippen molar-refractivity contribution < 1.29 is 24.4 Å². The van der Waals surface area contributed by atoms with E-state index < -0.39 is 12.6 Å². The Hall–Kier alpha value is -0.650. The third-order valence-corrected chi connectivity index (χ3v) is 0.652. The van der Waals surface area contributed by atoms with Crippen LogP contribution in [0.25, 0.3) is 0 Å². The van der Waals surface area contributed by atoms with Gasteiger partial charge in [-0.15, -0.1) is 0 Å². The number of carbonyl (C=O) groups is 1. The number of rotatable bonds is 5. The van der Waals surface area contributed by atoms with Crippen LogP contribution in [0, 0.1) is 0 Å². The van der Waals surface area contributed by atoms with Gasteiger partial charge in [-0.1, -0.05) is 0 Å². The van der Waals surface area contributed by atoms with Crippen molar-refractivity contribution in [3.8, 4) is 0 Å². The molecule has 0 aromatic carbocycles. The van der Waals surface area contributed by atoms with Gasteiger partial charge in [-0.2, -0.15) is 4.89 Å². The summed E-state index contributed by atoms with van der Waals surface area (Å²) in [7, 11) is 1.50. The minimum Gasteiger partial charge on any atom is -0.385 e. The standard InChI is InChI=1S/C5H10O5/c1-8-2-3-9-10-5(7)4-6/h6H,2-4H2,1H3. The molecule has 0 atom stereocenters. The Morgan fingerprint density at radius 2 is 2.20 bits per heavy atom. The molecule has 0 bridgehead atoms. The summed E-state index contributed by atoms with van der Waals surface area (Å²) in [5, 5.41) is 8.11. The molecule has 60 valence electrons. The van der Waals surface area contributed by atoms with Crippen LogP contribution in [0.1, 0.15) is 0 Å². The van der Waals surface area contributed by atoms with Gasteiger partial charge < -0.3 is 9.84 Å². The third-order valence-electron chi connectivity index (χ3n) is 0.652. The van der Waals surface area contributed by atoms with Gasteiger partial charge in [0, 0.05) is 7.11 Å². The van der Waals surface area contributed by atoms with E-state index in [9.17, 15) is 4.79 Å². The molecule has 0 saturated heterocycles.